The highest BCUT2D eigenvalue weighted by Crippen LogP contribution is 2.25. The Labute approximate surface area is 123 Å². The SMILES string of the molecule is CCN(CCOC)S(=O)(=O)c1cc(C(=O)O)ccc1Cl. The molecule has 0 saturated carbocycles. The molecule has 0 atom stereocenters. The van der Waals surface area contributed by atoms with Gasteiger partial charge in [-0.2, -0.15) is 4.31 Å². The van der Waals surface area contributed by atoms with Gasteiger partial charge in [0.1, 0.15) is 4.90 Å². The first kappa shape index (κ1) is 16.9. The zero-order valence-corrected chi connectivity index (χ0v) is 12.7. The van der Waals surface area contributed by atoms with Crippen LogP contribution in [0.15, 0.2) is 23.1 Å². The second-order valence-corrected chi connectivity index (χ2v) is 6.25. The van der Waals surface area contributed by atoms with Crippen LogP contribution in [0, 0.1) is 0 Å². The fourth-order valence-corrected chi connectivity index (χ4v) is 3.55. The van der Waals surface area contributed by atoms with Crippen molar-refractivity contribution in [2.45, 2.75) is 11.8 Å². The number of methoxy groups -OCH3 is 1. The Hall–Kier alpha value is -1.15. The molecule has 0 amide bonds. The summed E-state index contributed by atoms with van der Waals surface area (Å²) >= 11 is 5.89. The van der Waals surface area contributed by atoms with Gasteiger partial charge in [-0.3, -0.25) is 0 Å². The minimum Gasteiger partial charge on any atom is -0.478 e. The van der Waals surface area contributed by atoms with Crippen molar-refractivity contribution in [3.63, 3.8) is 0 Å². The zero-order chi connectivity index (χ0) is 15.3. The molecule has 112 valence electrons. The van der Waals surface area contributed by atoms with Crippen molar-refractivity contribution in [2.24, 2.45) is 0 Å². The van der Waals surface area contributed by atoms with Crippen molar-refractivity contribution in [2.75, 3.05) is 26.8 Å². The van der Waals surface area contributed by atoms with Gasteiger partial charge in [0.2, 0.25) is 10.0 Å². The summed E-state index contributed by atoms with van der Waals surface area (Å²) < 4.78 is 31.0. The molecule has 0 heterocycles. The number of ether oxygens (including phenoxy) is 1. The van der Waals surface area contributed by atoms with Gasteiger partial charge in [-0.1, -0.05) is 18.5 Å². The second-order valence-electron chi connectivity index (χ2n) is 3.94. The smallest absolute Gasteiger partial charge is 0.335 e. The van der Waals surface area contributed by atoms with E-state index in [0.717, 1.165) is 6.07 Å². The molecule has 0 spiro atoms. The Balaban J connectivity index is 3.26. The maximum Gasteiger partial charge on any atom is 0.335 e. The van der Waals surface area contributed by atoms with Gasteiger partial charge < -0.3 is 9.84 Å². The molecule has 0 radical (unpaired) electrons. The van der Waals surface area contributed by atoms with Crippen LogP contribution < -0.4 is 0 Å². The van der Waals surface area contributed by atoms with E-state index >= 15 is 0 Å². The van der Waals surface area contributed by atoms with Gasteiger partial charge in [-0.15, -0.1) is 0 Å². The predicted molar refractivity (Wildman–Crippen MR) is 74.7 cm³/mol. The molecule has 0 saturated heterocycles. The zero-order valence-electron chi connectivity index (χ0n) is 11.2. The molecular formula is C12H16ClNO5S. The van der Waals surface area contributed by atoms with E-state index in [1.54, 1.807) is 6.92 Å². The standard InChI is InChI=1S/C12H16ClNO5S/c1-3-14(6-7-19-2)20(17,18)11-8-9(12(15)16)4-5-10(11)13/h4-5,8H,3,6-7H2,1-2H3,(H,15,16). The average molecular weight is 322 g/mol. The summed E-state index contributed by atoms with van der Waals surface area (Å²) in [5, 5.41) is 8.92. The third-order valence-corrected chi connectivity index (χ3v) is 5.15. The van der Waals surface area contributed by atoms with Crippen molar-refractivity contribution in [3.8, 4) is 0 Å². The lowest BCUT2D eigenvalue weighted by molar-refractivity contribution is 0.0696. The van der Waals surface area contributed by atoms with E-state index in [-0.39, 0.29) is 35.2 Å². The van der Waals surface area contributed by atoms with Crippen molar-refractivity contribution in [3.05, 3.63) is 28.8 Å². The number of rotatable bonds is 7. The maximum atomic E-state index is 12.5. The lowest BCUT2D eigenvalue weighted by Crippen LogP contribution is -2.34. The van der Waals surface area contributed by atoms with E-state index < -0.39 is 16.0 Å². The van der Waals surface area contributed by atoms with Gasteiger partial charge >= 0.3 is 5.97 Å². The number of carbonyl (C=O) groups is 1. The van der Waals surface area contributed by atoms with Crippen molar-refractivity contribution in [1.82, 2.24) is 4.31 Å². The normalized spacial score (nSPS) is 11.8. The van der Waals surface area contributed by atoms with E-state index in [1.165, 1.54) is 23.5 Å². The number of likely N-dealkylation sites (N-methyl/N-ethyl adjacent to an activating group) is 1. The molecule has 0 fully saturated rings. The number of hydrogen-bond acceptors (Lipinski definition) is 4. The Morgan fingerprint density at radius 1 is 1.45 bits per heavy atom. The number of benzene rings is 1. The van der Waals surface area contributed by atoms with Crippen molar-refractivity contribution >= 4 is 27.6 Å². The van der Waals surface area contributed by atoms with Gasteiger partial charge in [0.25, 0.3) is 0 Å². The fourth-order valence-electron chi connectivity index (χ4n) is 1.61. The van der Waals surface area contributed by atoms with Crippen molar-refractivity contribution in [1.29, 1.82) is 0 Å². The Morgan fingerprint density at radius 2 is 2.10 bits per heavy atom. The van der Waals surface area contributed by atoms with Gasteiger partial charge in [0.05, 0.1) is 17.2 Å². The predicted octanol–water partition coefficient (Wildman–Crippen LogP) is 1.70. The van der Waals surface area contributed by atoms with Crippen LogP contribution in [0.1, 0.15) is 17.3 Å². The van der Waals surface area contributed by atoms with Crippen LogP contribution in [-0.4, -0.2) is 50.6 Å². The number of nitrogens with zero attached hydrogens (tertiary/aromatic N) is 1. The van der Waals surface area contributed by atoms with Crippen LogP contribution in [0.25, 0.3) is 0 Å². The highest BCUT2D eigenvalue weighted by Gasteiger charge is 2.26. The third-order valence-electron chi connectivity index (χ3n) is 2.69. The summed E-state index contributed by atoms with van der Waals surface area (Å²) in [4.78, 5) is 10.7. The van der Waals surface area contributed by atoms with Crippen LogP contribution in [0.4, 0.5) is 0 Å². The first-order valence-electron chi connectivity index (χ1n) is 5.86. The molecule has 0 aliphatic heterocycles. The van der Waals surface area contributed by atoms with E-state index in [2.05, 4.69) is 0 Å². The summed E-state index contributed by atoms with van der Waals surface area (Å²) in [5.74, 6) is -1.21. The van der Waals surface area contributed by atoms with Crippen molar-refractivity contribution < 1.29 is 23.1 Å². The molecule has 1 aromatic rings. The number of aromatic carboxylic acids is 1. The largest absolute Gasteiger partial charge is 0.478 e. The first-order valence-corrected chi connectivity index (χ1v) is 7.68. The van der Waals surface area contributed by atoms with Gasteiger partial charge in [-0.05, 0) is 18.2 Å². The van der Waals surface area contributed by atoms with E-state index in [4.69, 9.17) is 21.4 Å². The van der Waals surface area contributed by atoms with Crippen LogP contribution in [0.3, 0.4) is 0 Å². The molecule has 0 aliphatic rings. The molecule has 6 nitrogen and oxygen atoms in total. The molecule has 0 bridgehead atoms. The summed E-state index contributed by atoms with van der Waals surface area (Å²) in [5.41, 5.74) is -0.129. The lowest BCUT2D eigenvalue weighted by atomic mass is 10.2. The molecule has 8 heteroatoms. The fraction of sp³-hybridized carbons (Fsp3) is 0.417. The van der Waals surface area contributed by atoms with Gasteiger partial charge in [0.15, 0.2) is 0 Å². The number of sulfonamides is 1. The van der Waals surface area contributed by atoms with Crippen LogP contribution >= 0.6 is 11.6 Å². The average Bonchev–Trinajstić information content (AvgIpc) is 2.39. The minimum absolute atomic E-state index is 0.00846. The molecule has 20 heavy (non-hydrogen) atoms. The highest BCUT2D eigenvalue weighted by atomic mass is 35.5. The number of halogens is 1. The van der Waals surface area contributed by atoms with E-state index in [1.807, 2.05) is 0 Å². The number of carboxylic acid groups (broad SMARTS) is 1. The van der Waals surface area contributed by atoms with E-state index in [9.17, 15) is 13.2 Å². The summed E-state index contributed by atoms with van der Waals surface area (Å²) in [6.07, 6.45) is 0. The van der Waals surface area contributed by atoms with E-state index in [0.29, 0.717) is 0 Å². The second kappa shape index (κ2) is 7.03. The monoisotopic (exact) mass is 321 g/mol. The highest BCUT2D eigenvalue weighted by molar-refractivity contribution is 7.89. The summed E-state index contributed by atoms with van der Waals surface area (Å²) in [7, 11) is -2.38. The third kappa shape index (κ3) is 3.69. The maximum absolute atomic E-state index is 12.5. The molecule has 1 N–H and O–H groups in total. The Bertz CT molecular complexity index is 588. The van der Waals surface area contributed by atoms with Crippen LogP contribution in [-0.2, 0) is 14.8 Å². The Morgan fingerprint density at radius 3 is 2.60 bits per heavy atom. The lowest BCUT2D eigenvalue weighted by Gasteiger charge is -2.20. The molecule has 0 aromatic heterocycles. The van der Waals surface area contributed by atoms with Gasteiger partial charge in [0, 0.05) is 20.2 Å². The number of carboxylic acids is 1. The first-order chi connectivity index (χ1) is 9.34. The number of hydrogen-bond donors (Lipinski definition) is 1. The summed E-state index contributed by atoms with van der Waals surface area (Å²) in [6, 6.07) is 3.59. The molecule has 1 rings (SSSR count). The van der Waals surface area contributed by atoms with Gasteiger partial charge in [-0.25, -0.2) is 13.2 Å². The van der Waals surface area contributed by atoms with Crippen LogP contribution in [0.5, 0.6) is 0 Å². The quantitative estimate of drug-likeness (QED) is 0.826. The minimum atomic E-state index is -3.85. The topological polar surface area (TPSA) is 83.9 Å². The Kier molecular flexibility index (Phi) is 5.94. The molecule has 0 aliphatic carbocycles. The molecule has 0 unspecified atom stereocenters. The van der Waals surface area contributed by atoms with Crippen LogP contribution in [0.2, 0.25) is 5.02 Å². The summed E-state index contributed by atoms with van der Waals surface area (Å²) in [6.45, 7) is 2.33. The molecule has 1 aromatic carbocycles. The molecular weight excluding hydrogens is 306 g/mol.